The number of benzene rings is 1. The van der Waals surface area contributed by atoms with E-state index >= 15 is 0 Å². The minimum Gasteiger partial charge on any atom is -0.492 e. The second-order valence-electron chi connectivity index (χ2n) is 5.22. The topological polar surface area (TPSA) is 34.6 Å². The molecule has 1 fully saturated rings. The standard InChI is InChI=1S/C17H19ClN2O2/c18-16-10-15(14-2-1-3-19-13-14)11-17(12-16)22-9-6-20-4-7-21-8-5-20/h1-3,10-13H,4-9H2. The quantitative estimate of drug-likeness (QED) is 0.848. The number of rotatable bonds is 5. The summed E-state index contributed by atoms with van der Waals surface area (Å²) in [6.07, 6.45) is 3.58. The minimum absolute atomic E-state index is 0.646. The van der Waals surface area contributed by atoms with Crippen LogP contribution in [0.3, 0.4) is 0 Å². The van der Waals surface area contributed by atoms with Crippen molar-refractivity contribution in [3.8, 4) is 16.9 Å². The summed E-state index contributed by atoms with van der Waals surface area (Å²) < 4.78 is 11.2. The van der Waals surface area contributed by atoms with E-state index in [0.717, 1.165) is 49.7 Å². The molecule has 1 aliphatic rings. The van der Waals surface area contributed by atoms with Gasteiger partial charge in [-0.15, -0.1) is 0 Å². The molecule has 0 radical (unpaired) electrons. The Morgan fingerprint density at radius 2 is 2.05 bits per heavy atom. The van der Waals surface area contributed by atoms with Crippen molar-refractivity contribution in [1.29, 1.82) is 0 Å². The van der Waals surface area contributed by atoms with Crippen LogP contribution in [0.15, 0.2) is 42.7 Å². The van der Waals surface area contributed by atoms with Crippen molar-refractivity contribution < 1.29 is 9.47 Å². The first kappa shape index (κ1) is 15.3. The van der Waals surface area contributed by atoms with E-state index in [1.54, 1.807) is 6.20 Å². The molecule has 22 heavy (non-hydrogen) atoms. The molecule has 0 unspecified atom stereocenters. The van der Waals surface area contributed by atoms with E-state index in [1.165, 1.54) is 0 Å². The lowest BCUT2D eigenvalue weighted by Gasteiger charge is -2.26. The van der Waals surface area contributed by atoms with Crippen LogP contribution in [0, 0.1) is 0 Å². The molecule has 0 amide bonds. The highest BCUT2D eigenvalue weighted by Crippen LogP contribution is 2.28. The van der Waals surface area contributed by atoms with Gasteiger partial charge in [-0.05, 0) is 29.8 Å². The normalized spacial score (nSPS) is 15.7. The number of hydrogen-bond donors (Lipinski definition) is 0. The molecule has 0 aliphatic carbocycles. The van der Waals surface area contributed by atoms with Gasteiger partial charge < -0.3 is 9.47 Å². The third-order valence-corrected chi connectivity index (χ3v) is 3.86. The monoisotopic (exact) mass is 318 g/mol. The SMILES string of the molecule is Clc1cc(OCCN2CCOCC2)cc(-c2cccnc2)c1. The molecule has 1 aromatic heterocycles. The van der Waals surface area contributed by atoms with Crippen molar-refractivity contribution in [3.63, 3.8) is 0 Å². The van der Waals surface area contributed by atoms with Crippen molar-refractivity contribution in [2.24, 2.45) is 0 Å². The van der Waals surface area contributed by atoms with E-state index in [0.29, 0.717) is 11.6 Å². The molecule has 4 nitrogen and oxygen atoms in total. The Bertz CT molecular complexity index is 601. The van der Waals surface area contributed by atoms with E-state index in [1.807, 2.05) is 36.5 Å². The summed E-state index contributed by atoms with van der Waals surface area (Å²) in [7, 11) is 0. The Morgan fingerprint density at radius 1 is 1.18 bits per heavy atom. The summed E-state index contributed by atoms with van der Waals surface area (Å²) in [5.41, 5.74) is 2.05. The first-order valence-corrected chi connectivity index (χ1v) is 7.83. The average molecular weight is 319 g/mol. The molecule has 0 atom stereocenters. The van der Waals surface area contributed by atoms with Crippen LogP contribution in [-0.2, 0) is 4.74 Å². The zero-order valence-corrected chi connectivity index (χ0v) is 13.1. The van der Waals surface area contributed by atoms with Gasteiger partial charge in [0.1, 0.15) is 12.4 Å². The average Bonchev–Trinajstić information content (AvgIpc) is 2.56. The first-order chi connectivity index (χ1) is 10.8. The van der Waals surface area contributed by atoms with Crippen LogP contribution >= 0.6 is 11.6 Å². The summed E-state index contributed by atoms with van der Waals surface area (Å²) in [6.45, 7) is 5.11. The molecule has 1 saturated heterocycles. The van der Waals surface area contributed by atoms with Crippen LogP contribution in [0.2, 0.25) is 5.02 Å². The van der Waals surface area contributed by atoms with E-state index < -0.39 is 0 Å². The van der Waals surface area contributed by atoms with Crippen LogP contribution in [0.5, 0.6) is 5.75 Å². The highest BCUT2D eigenvalue weighted by molar-refractivity contribution is 6.31. The number of morpholine rings is 1. The molecule has 0 N–H and O–H groups in total. The van der Waals surface area contributed by atoms with Crippen molar-refractivity contribution >= 4 is 11.6 Å². The lowest BCUT2D eigenvalue weighted by atomic mass is 10.1. The summed E-state index contributed by atoms with van der Waals surface area (Å²) in [6, 6.07) is 9.70. The predicted molar refractivity (Wildman–Crippen MR) is 87.4 cm³/mol. The number of halogens is 1. The van der Waals surface area contributed by atoms with Crippen LogP contribution in [-0.4, -0.2) is 49.3 Å². The van der Waals surface area contributed by atoms with E-state index in [2.05, 4.69) is 9.88 Å². The number of hydrogen-bond acceptors (Lipinski definition) is 4. The van der Waals surface area contributed by atoms with E-state index in [4.69, 9.17) is 21.1 Å². The third kappa shape index (κ3) is 4.19. The molecule has 1 aromatic carbocycles. The minimum atomic E-state index is 0.646. The number of pyridine rings is 1. The number of ether oxygens (including phenoxy) is 2. The van der Waals surface area contributed by atoms with Gasteiger partial charge in [0, 0.05) is 42.6 Å². The molecule has 5 heteroatoms. The van der Waals surface area contributed by atoms with Gasteiger partial charge in [-0.3, -0.25) is 9.88 Å². The van der Waals surface area contributed by atoms with Crippen LogP contribution < -0.4 is 4.74 Å². The zero-order valence-electron chi connectivity index (χ0n) is 12.4. The number of aromatic nitrogens is 1. The Morgan fingerprint density at radius 3 is 2.82 bits per heavy atom. The van der Waals surface area contributed by atoms with E-state index in [-0.39, 0.29) is 0 Å². The molecule has 116 valence electrons. The fourth-order valence-corrected chi connectivity index (χ4v) is 2.69. The van der Waals surface area contributed by atoms with Gasteiger partial charge in [-0.2, -0.15) is 0 Å². The maximum absolute atomic E-state index is 6.20. The Hall–Kier alpha value is -1.62. The number of nitrogens with zero attached hydrogens (tertiary/aromatic N) is 2. The van der Waals surface area contributed by atoms with Crippen LogP contribution in [0.4, 0.5) is 0 Å². The Balaban J connectivity index is 1.62. The van der Waals surface area contributed by atoms with Crippen LogP contribution in [0.1, 0.15) is 0 Å². The fourth-order valence-electron chi connectivity index (χ4n) is 2.46. The third-order valence-electron chi connectivity index (χ3n) is 3.65. The molecule has 2 heterocycles. The van der Waals surface area contributed by atoms with Crippen molar-refractivity contribution in [1.82, 2.24) is 9.88 Å². The Kier molecular flexibility index (Phi) is 5.27. The van der Waals surface area contributed by atoms with Gasteiger partial charge in [-0.25, -0.2) is 0 Å². The van der Waals surface area contributed by atoms with Gasteiger partial charge in [0.05, 0.1) is 13.2 Å². The lowest BCUT2D eigenvalue weighted by Crippen LogP contribution is -2.38. The predicted octanol–water partition coefficient (Wildman–Crippen LogP) is 3.11. The maximum Gasteiger partial charge on any atom is 0.121 e. The lowest BCUT2D eigenvalue weighted by molar-refractivity contribution is 0.0322. The smallest absolute Gasteiger partial charge is 0.121 e. The molecule has 0 bridgehead atoms. The molecule has 0 saturated carbocycles. The van der Waals surface area contributed by atoms with Gasteiger partial charge in [0.15, 0.2) is 0 Å². The van der Waals surface area contributed by atoms with E-state index in [9.17, 15) is 0 Å². The largest absolute Gasteiger partial charge is 0.492 e. The first-order valence-electron chi connectivity index (χ1n) is 7.45. The van der Waals surface area contributed by atoms with Gasteiger partial charge in [0.2, 0.25) is 0 Å². The molecule has 1 aliphatic heterocycles. The molecule has 3 rings (SSSR count). The maximum atomic E-state index is 6.20. The summed E-state index contributed by atoms with van der Waals surface area (Å²) in [4.78, 5) is 6.48. The van der Waals surface area contributed by atoms with Crippen molar-refractivity contribution in [3.05, 3.63) is 47.7 Å². The second-order valence-corrected chi connectivity index (χ2v) is 5.66. The highest BCUT2D eigenvalue weighted by atomic mass is 35.5. The summed E-state index contributed by atoms with van der Waals surface area (Å²) in [5, 5.41) is 0.669. The van der Waals surface area contributed by atoms with Crippen molar-refractivity contribution in [2.45, 2.75) is 0 Å². The van der Waals surface area contributed by atoms with Crippen molar-refractivity contribution in [2.75, 3.05) is 39.5 Å². The second kappa shape index (κ2) is 7.58. The van der Waals surface area contributed by atoms with Gasteiger partial charge in [0.25, 0.3) is 0 Å². The van der Waals surface area contributed by atoms with Gasteiger partial charge in [-0.1, -0.05) is 17.7 Å². The fraction of sp³-hybridized carbons (Fsp3) is 0.353. The highest BCUT2D eigenvalue weighted by Gasteiger charge is 2.10. The summed E-state index contributed by atoms with van der Waals surface area (Å²) in [5.74, 6) is 0.791. The molecular weight excluding hydrogens is 300 g/mol. The molecule has 2 aromatic rings. The van der Waals surface area contributed by atoms with Crippen LogP contribution in [0.25, 0.3) is 11.1 Å². The zero-order chi connectivity index (χ0) is 15.2. The molecular formula is C17H19ClN2O2. The summed E-state index contributed by atoms with van der Waals surface area (Å²) >= 11 is 6.20. The molecule has 0 spiro atoms. The Labute approximate surface area is 135 Å². The van der Waals surface area contributed by atoms with Gasteiger partial charge >= 0.3 is 0 Å².